The molecule has 2 rings (SSSR count). The average molecular weight is 468 g/mol. The number of carbonyl (C=O) groups is 1. The van der Waals surface area contributed by atoms with Crippen LogP contribution in [0.5, 0.6) is 0 Å². The summed E-state index contributed by atoms with van der Waals surface area (Å²) < 4.78 is 9.50. The first-order valence-corrected chi connectivity index (χ1v) is 10.8. The summed E-state index contributed by atoms with van der Waals surface area (Å²) in [5.41, 5.74) is 7.06. The van der Waals surface area contributed by atoms with Crippen LogP contribution in [0.25, 0.3) is 0 Å². The van der Waals surface area contributed by atoms with Gasteiger partial charge in [-0.05, 0) is 24.0 Å². The number of nitrogens with zero attached hydrogens (tertiary/aromatic N) is 2. The number of amides is 1. The van der Waals surface area contributed by atoms with Gasteiger partial charge in [-0.3, -0.25) is 14.1 Å². The maximum absolute atomic E-state index is 13.1. The summed E-state index contributed by atoms with van der Waals surface area (Å²) in [6, 6.07) is 9.94. The predicted octanol–water partition coefficient (Wildman–Crippen LogP) is 5.43. The van der Waals surface area contributed by atoms with Crippen LogP contribution in [0.4, 0.5) is 4.39 Å². The third kappa shape index (κ3) is 7.42. The van der Waals surface area contributed by atoms with Crippen LogP contribution in [0.3, 0.4) is 0 Å². The highest BCUT2D eigenvalue weighted by molar-refractivity contribution is 9.09. The molecule has 0 radical (unpaired) electrons. The molecule has 2 N–H and O–H groups in total. The molecule has 6 heteroatoms. The van der Waals surface area contributed by atoms with Crippen molar-refractivity contribution >= 4 is 27.8 Å². The van der Waals surface area contributed by atoms with Crippen molar-refractivity contribution in [1.29, 1.82) is 0 Å². The highest BCUT2D eigenvalue weighted by Crippen LogP contribution is 2.36. The van der Waals surface area contributed by atoms with E-state index >= 15 is 0 Å². The Morgan fingerprint density at radius 1 is 1.31 bits per heavy atom. The Kier molecular flexibility index (Phi) is 13.2. The number of halogens is 2. The molecule has 1 aromatic rings. The first-order chi connectivity index (χ1) is 13.9. The number of nitrogens with two attached hydrogens (primary N) is 1. The van der Waals surface area contributed by atoms with Gasteiger partial charge in [0.1, 0.15) is 0 Å². The van der Waals surface area contributed by atoms with E-state index in [0.717, 1.165) is 17.6 Å². The Balaban J connectivity index is 0.00000143. The number of carbonyl (C=O) groups excluding carboxylic acids is 1. The van der Waals surface area contributed by atoms with Crippen molar-refractivity contribution in [3.8, 4) is 0 Å². The molecule has 0 fully saturated rings. The Labute approximate surface area is 183 Å². The van der Waals surface area contributed by atoms with Gasteiger partial charge in [-0.1, -0.05) is 85.6 Å². The minimum absolute atomic E-state index is 0.0766. The number of likely N-dealkylation sites (N-methyl/N-ethyl adjacent to an activating group) is 1. The Hall–Kier alpha value is -1.95. The van der Waals surface area contributed by atoms with Gasteiger partial charge in [-0.2, -0.15) is 0 Å². The van der Waals surface area contributed by atoms with Crippen LogP contribution >= 0.6 is 15.9 Å². The maximum Gasteiger partial charge on any atom is 0.261 e. The fourth-order valence-electron chi connectivity index (χ4n) is 2.99. The summed E-state index contributed by atoms with van der Waals surface area (Å²) in [7, 11) is 2.18. The first kappa shape index (κ1) is 27.0. The third-order valence-corrected chi connectivity index (χ3v) is 4.96. The highest BCUT2D eigenvalue weighted by atomic mass is 79.9. The zero-order chi connectivity index (χ0) is 22.4. The van der Waals surface area contributed by atoms with Gasteiger partial charge in [0.25, 0.3) is 5.91 Å². The van der Waals surface area contributed by atoms with Gasteiger partial charge >= 0.3 is 0 Å². The number of hydrogen-bond donors (Lipinski definition) is 1. The standard InChI is InChI=1S/C19H24BrN3O.C3H8.CH3F/c1-4-9-15(12-16(20)5-2)19(13-14-10-7-6-8-11-14)17(24)23(3)18(21)22-19;1-3-2;1-2/h5-11,16H,2,4,12-13H2,1,3H3,(H2,21,22);3H2,1-2H3;1H3/b15-9+;;. The van der Waals surface area contributed by atoms with Crippen molar-refractivity contribution < 1.29 is 9.18 Å². The number of guanidine groups is 1. The van der Waals surface area contributed by atoms with E-state index in [1.54, 1.807) is 7.05 Å². The number of alkyl halides is 2. The minimum Gasteiger partial charge on any atom is -0.369 e. The highest BCUT2D eigenvalue weighted by Gasteiger charge is 2.49. The molecule has 0 bridgehead atoms. The number of allylic oxidation sites excluding steroid dienone is 2. The molecule has 1 aliphatic rings. The van der Waals surface area contributed by atoms with Crippen molar-refractivity contribution in [2.45, 2.75) is 56.8 Å². The van der Waals surface area contributed by atoms with E-state index in [4.69, 9.17) is 5.73 Å². The molecule has 1 aromatic carbocycles. The molecule has 1 aliphatic heterocycles. The Bertz CT molecular complexity index is 691. The Morgan fingerprint density at radius 3 is 2.28 bits per heavy atom. The minimum atomic E-state index is -0.967. The average Bonchev–Trinajstić information content (AvgIpc) is 2.94. The lowest BCUT2D eigenvalue weighted by Crippen LogP contribution is -2.45. The van der Waals surface area contributed by atoms with Crippen LogP contribution in [-0.4, -0.2) is 41.4 Å². The molecule has 1 heterocycles. The lowest BCUT2D eigenvalue weighted by Gasteiger charge is -2.29. The molecule has 1 amide bonds. The van der Waals surface area contributed by atoms with E-state index < -0.39 is 5.54 Å². The fourth-order valence-corrected chi connectivity index (χ4v) is 3.34. The van der Waals surface area contributed by atoms with E-state index in [9.17, 15) is 9.18 Å². The predicted molar refractivity (Wildman–Crippen MR) is 126 cm³/mol. The summed E-state index contributed by atoms with van der Waals surface area (Å²) in [4.78, 5) is 19.2. The molecule has 0 saturated heterocycles. The topological polar surface area (TPSA) is 58.7 Å². The lowest BCUT2D eigenvalue weighted by molar-refractivity contribution is -0.129. The second kappa shape index (κ2) is 14.1. The lowest BCUT2D eigenvalue weighted by atomic mass is 9.80. The van der Waals surface area contributed by atoms with Gasteiger partial charge < -0.3 is 5.73 Å². The van der Waals surface area contributed by atoms with Crippen LogP contribution < -0.4 is 5.73 Å². The normalized spacial score (nSPS) is 19.4. The van der Waals surface area contributed by atoms with E-state index in [2.05, 4.69) is 54.3 Å². The second-order valence-electron chi connectivity index (χ2n) is 6.66. The van der Waals surface area contributed by atoms with Crippen molar-refractivity contribution in [3.63, 3.8) is 0 Å². The molecular weight excluding hydrogens is 433 g/mol. The van der Waals surface area contributed by atoms with Gasteiger partial charge in [-0.25, -0.2) is 4.99 Å². The van der Waals surface area contributed by atoms with Crippen LogP contribution in [0.2, 0.25) is 0 Å². The van der Waals surface area contributed by atoms with Crippen LogP contribution in [0.1, 0.15) is 45.6 Å². The molecule has 4 nitrogen and oxygen atoms in total. The zero-order valence-corrected chi connectivity index (χ0v) is 19.9. The summed E-state index contributed by atoms with van der Waals surface area (Å²) >= 11 is 3.59. The van der Waals surface area contributed by atoms with Crippen molar-refractivity contribution in [2.75, 3.05) is 14.2 Å². The fraction of sp³-hybridized carbons (Fsp3) is 0.478. The van der Waals surface area contributed by atoms with E-state index in [-0.39, 0.29) is 16.7 Å². The molecular formula is C23H35BrFN3O. The molecule has 0 spiro atoms. The van der Waals surface area contributed by atoms with Gasteiger partial charge in [0.2, 0.25) is 0 Å². The number of benzene rings is 1. The van der Waals surface area contributed by atoms with Gasteiger partial charge in [0, 0.05) is 18.3 Å². The van der Waals surface area contributed by atoms with E-state index in [0.29, 0.717) is 20.0 Å². The van der Waals surface area contributed by atoms with Gasteiger partial charge in [0.05, 0.1) is 7.18 Å². The van der Waals surface area contributed by atoms with Gasteiger partial charge in [0.15, 0.2) is 11.5 Å². The number of aliphatic imine (C=N–C) groups is 1. The second-order valence-corrected chi connectivity index (χ2v) is 7.83. The summed E-state index contributed by atoms with van der Waals surface area (Å²) in [6.07, 6.45) is 7.17. The molecule has 2 atom stereocenters. The molecule has 0 saturated carbocycles. The summed E-state index contributed by atoms with van der Waals surface area (Å²) in [5, 5.41) is 0. The molecule has 0 aromatic heterocycles. The van der Waals surface area contributed by atoms with Crippen LogP contribution in [-0.2, 0) is 11.2 Å². The molecule has 29 heavy (non-hydrogen) atoms. The van der Waals surface area contributed by atoms with Crippen molar-refractivity contribution in [3.05, 3.63) is 60.2 Å². The number of hydrogen-bond acceptors (Lipinski definition) is 3. The quantitative estimate of drug-likeness (QED) is 0.428. The third-order valence-electron chi connectivity index (χ3n) is 4.26. The molecule has 2 unspecified atom stereocenters. The maximum atomic E-state index is 13.1. The van der Waals surface area contributed by atoms with Crippen LogP contribution in [0, 0.1) is 0 Å². The Morgan fingerprint density at radius 2 is 1.86 bits per heavy atom. The van der Waals surface area contributed by atoms with E-state index in [1.165, 1.54) is 11.3 Å². The first-order valence-electron chi connectivity index (χ1n) is 9.87. The smallest absolute Gasteiger partial charge is 0.261 e. The number of rotatable bonds is 7. The van der Waals surface area contributed by atoms with Crippen LogP contribution in [0.15, 0.2) is 59.6 Å². The largest absolute Gasteiger partial charge is 0.369 e. The summed E-state index contributed by atoms with van der Waals surface area (Å²) in [5.74, 6) is 0.190. The van der Waals surface area contributed by atoms with Crippen molar-refractivity contribution in [1.82, 2.24) is 4.90 Å². The zero-order valence-electron chi connectivity index (χ0n) is 18.3. The summed E-state index contributed by atoms with van der Waals surface area (Å²) in [6.45, 7) is 10.1. The monoisotopic (exact) mass is 467 g/mol. The van der Waals surface area contributed by atoms with Crippen molar-refractivity contribution in [2.24, 2.45) is 10.7 Å². The molecule has 0 aliphatic carbocycles. The SMILES string of the molecule is C=CC(Br)C/C(=C\CC)C1(Cc2ccccc2)N=C(N)N(C)C1=O.CCC.CF. The van der Waals surface area contributed by atoms with Gasteiger partial charge in [-0.15, -0.1) is 6.58 Å². The van der Waals surface area contributed by atoms with E-state index in [1.807, 2.05) is 36.4 Å². The molecule has 162 valence electrons.